The van der Waals surface area contributed by atoms with Crippen LogP contribution in [0.25, 0.3) is 0 Å². The zero-order valence-electron chi connectivity index (χ0n) is 9.00. The molecule has 0 amide bonds. The Labute approximate surface area is 91.9 Å². The zero-order chi connectivity index (χ0) is 12.6. The molecule has 0 heterocycles. The quantitative estimate of drug-likeness (QED) is 0.831. The van der Waals surface area contributed by atoms with E-state index in [1.165, 1.54) is 18.2 Å². The van der Waals surface area contributed by atoms with Crippen molar-refractivity contribution < 1.29 is 18.7 Å². The summed E-state index contributed by atoms with van der Waals surface area (Å²) in [4.78, 5) is 11.0. The topological polar surface area (TPSA) is 63.3 Å². The van der Waals surface area contributed by atoms with Crippen molar-refractivity contribution in [3.05, 3.63) is 35.4 Å². The van der Waals surface area contributed by atoms with Gasteiger partial charge >= 0.3 is 5.97 Å². The molecule has 88 valence electrons. The first-order chi connectivity index (χ1) is 7.19. The fourth-order valence-electron chi connectivity index (χ4n) is 1.46. The predicted octanol–water partition coefficient (Wildman–Crippen LogP) is 1.89. The molecule has 0 aliphatic carbocycles. The summed E-state index contributed by atoms with van der Waals surface area (Å²) in [6.07, 6.45) is 0. The number of carboxylic acids is 1. The van der Waals surface area contributed by atoms with Crippen LogP contribution in [0.4, 0.5) is 8.78 Å². The van der Waals surface area contributed by atoms with E-state index in [2.05, 4.69) is 0 Å². The summed E-state index contributed by atoms with van der Waals surface area (Å²) < 4.78 is 26.7. The van der Waals surface area contributed by atoms with Gasteiger partial charge in [0.05, 0.1) is 0 Å². The molecule has 0 radical (unpaired) electrons. The second-order valence-corrected chi connectivity index (χ2v) is 3.87. The monoisotopic (exact) mass is 229 g/mol. The van der Waals surface area contributed by atoms with E-state index in [0.29, 0.717) is 12.5 Å². The molecule has 3 nitrogen and oxygen atoms in total. The van der Waals surface area contributed by atoms with Gasteiger partial charge < -0.3 is 10.8 Å². The summed E-state index contributed by atoms with van der Waals surface area (Å²) in [5, 5.41) is 8.91. The molecule has 1 aromatic carbocycles. The average molecular weight is 229 g/mol. The molecule has 16 heavy (non-hydrogen) atoms. The van der Waals surface area contributed by atoms with Gasteiger partial charge in [-0.1, -0.05) is 29.8 Å². The molecule has 1 aromatic rings. The van der Waals surface area contributed by atoms with Crippen molar-refractivity contribution in [2.45, 2.75) is 25.3 Å². The summed E-state index contributed by atoms with van der Waals surface area (Å²) in [5.41, 5.74) is 3.24. The van der Waals surface area contributed by atoms with Gasteiger partial charge in [-0.05, 0) is 12.5 Å². The molecule has 0 aliphatic heterocycles. The third kappa shape index (κ3) is 1.90. The lowest BCUT2D eigenvalue weighted by atomic mass is 9.84. The molecular weight excluding hydrogens is 216 g/mol. The maximum Gasteiger partial charge on any atom is 0.334 e. The Bertz CT molecular complexity index is 415. The number of benzene rings is 1. The van der Waals surface area contributed by atoms with Crippen LogP contribution in [0.15, 0.2) is 24.3 Å². The molecule has 0 fully saturated rings. The molecule has 3 N–H and O–H groups in total. The van der Waals surface area contributed by atoms with Crippen molar-refractivity contribution >= 4 is 5.97 Å². The number of nitrogens with two attached hydrogens (primary N) is 1. The number of halogens is 2. The Morgan fingerprint density at radius 1 is 1.44 bits per heavy atom. The van der Waals surface area contributed by atoms with Crippen LogP contribution in [0.5, 0.6) is 0 Å². The van der Waals surface area contributed by atoms with E-state index in [0.717, 1.165) is 0 Å². The third-order valence-corrected chi connectivity index (χ3v) is 2.50. The highest BCUT2D eigenvalue weighted by Gasteiger charge is 2.54. The summed E-state index contributed by atoms with van der Waals surface area (Å²) in [7, 11) is 0. The molecule has 1 rings (SSSR count). The van der Waals surface area contributed by atoms with Gasteiger partial charge in [0.25, 0.3) is 5.92 Å². The maximum atomic E-state index is 13.3. The molecule has 5 heteroatoms. The minimum Gasteiger partial charge on any atom is -0.479 e. The predicted molar refractivity (Wildman–Crippen MR) is 55.3 cm³/mol. The van der Waals surface area contributed by atoms with Gasteiger partial charge in [-0.25, -0.2) is 13.6 Å². The Morgan fingerprint density at radius 3 is 2.38 bits per heavy atom. The SMILES string of the molecule is Cc1cccc(C(N)(C(=O)O)C(C)(F)F)c1. The number of hydrogen-bond donors (Lipinski definition) is 2. The van der Waals surface area contributed by atoms with Crippen molar-refractivity contribution in [3.63, 3.8) is 0 Å². The average Bonchev–Trinajstić information content (AvgIpc) is 2.14. The van der Waals surface area contributed by atoms with E-state index in [4.69, 9.17) is 10.8 Å². The lowest BCUT2D eigenvalue weighted by Crippen LogP contribution is -2.57. The molecule has 0 bridgehead atoms. The fourth-order valence-corrected chi connectivity index (χ4v) is 1.46. The van der Waals surface area contributed by atoms with Crippen LogP contribution >= 0.6 is 0 Å². The standard InChI is InChI=1S/C11H13F2NO2/c1-7-4-3-5-8(6-7)11(14,9(15)16)10(2,12)13/h3-6H,14H2,1-2H3,(H,15,16). The van der Waals surface area contributed by atoms with Gasteiger partial charge in [-0.15, -0.1) is 0 Å². The van der Waals surface area contributed by atoms with Crippen molar-refractivity contribution in [1.29, 1.82) is 0 Å². The van der Waals surface area contributed by atoms with E-state index in [9.17, 15) is 13.6 Å². The molecule has 1 unspecified atom stereocenters. The number of hydrogen-bond acceptors (Lipinski definition) is 2. The minimum absolute atomic E-state index is 0.104. The van der Waals surface area contributed by atoms with E-state index < -0.39 is 17.4 Å². The molecular formula is C11H13F2NO2. The smallest absolute Gasteiger partial charge is 0.334 e. The summed E-state index contributed by atoms with van der Waals surface area (Å²) in [6, 6.07) is 5.82. The highest BCUT2D eigenvalue weighted by molar-refractivity contribution is 5.82. The number of carbonyl (C=O) groups is 1. The highest BCUT2D eigenvalue weighted by atomic mass is 19.3. The Hall–Kier alpha value is -1.49. The van der Waals surface area contributed by atoms with Crippen LogP contribution in [0.3, 0.4) is 0 Å². The van der Waals surface area contributed by atoms with Crippen LogP contribution in [0.2, 0.25) is 0 Å². The van der Waals surface area contributed by atoms with Crippen molar-refractivity contribution in [2.24, 2.45) is 5.73 Å². The molecule has 0 aliphatic rings. The van der Waals surface area contributed by atoms with Crippen LogP contribution < -0.4 is 5.73 Å². The lowest BCUT2D eigenvalue weighted by Gasteiger charge is -2.31. The summed E-state index contributed by atoms with van der Waals surface area (Å²) in [6.45, 7) is 2.18. The number of carboxylic acid groups (broad SMARTS) is 1. The van der Waals surface area contributed by atoms with Gasteiger partial charge in [0.2, 0.25) is 5.54 Å². The van der Waals surface area contributed by atoms with Gasteiger partial charge in [-0.2, -0.15) is 0 Å². The van der Waals surface area contributed by atoms with E-state index in [1.807, 2.05) is 0 Å². The van der Waals surface area contributed by atoms with Gasteiger partial charge in [0, 0.05) is 6.92 Å². The Kier molecular flexibility index (Phi) is 3.01. The second-order valence-electron chi connectivity index (χ2n) is 3.87. The van der Waals surface area contributed by atoms with E-state index in [-0.39, 0.29) is 5.56 Å². The van der Waals surface area contributed by atoms with Crippen LogP contribution in [0, 0.1) is 6.92 Å². The molecule has 0 spiro atoms. The maximum absolute atomic E-state index is 13.3. The van der Waals surface area contributed by atoms with Crippen molar-refractivity contribution in [2.75, 3.05) is 0 Å². The number of rotatable bonds is 3. The van der Waals surface area contributed by atoms with Crippen LogP contribution in [0.1, 0.15) is 18.1 Å². The number of alkyl halides is 2. The first kappa shape index (κ1) is 12.6. The van der Waals surface area contributed by atoms with Crippen LogP contribution in [-0.2, 0) is 10.3 Å². The first-order valence-electron chi connectivity index (χ1n) is 4.67. The third-order valence-electron chi connectivity index (χ3n) is 2.50. The second kappa shape index (κ2) is 3.83. The summed E-state index contributed by atoms with van der Waals surface area (Å²) in [5.74, 6) is -5.29. The normalized spacial score (nSPS) is 15.6. The van der Waals surface area contributed by atoms with E-state index in [1.54, 1.807) is 13.0 Å². The van der Waals surface area contributed by atoms with Gasteiger partial charge in [0.1, 0.15) is 0 Å². The largest absolute Gasteiger partial charge is 0.479 e. The number of aryl methyl sites for hydroxylation is 1. The summed E-state index contributed by atoms with van der Waals surface area (Å²) >= 11 is 0. The van der Waals surface area contributed by atoms with E-state index >= 15 is 0 Å². The molecule has 0 aromatic heterocycles. The Morgan fingerprint density at radius 2 is 2.00 bits per heavy atom. The highest BCUT2D eigenvalue weighted by Crippen LogP contribution is 2.35. The first-order valence-corrected chi connectivity index (χ1v) is 4.67. The lowest BCUT2D eigenvalue weighted by molar-refractivity contribution is -0.160. The minimum atomic E-state index is -3.55. The molecule has 0 saturated heterocycles. The fraction of sp³-hybridized carbons (Fsp3) is 0.364. The number of aliphatic carboxylic acids is 1. The molecule has 0 saturated carbocycles. The van der Waals surface area contributed by atoms with Gasteiger partial charge in [-0.3, -0.25) is 0 Å². The van der Waals surface area contributed by atoms with Crippen molar-refractivity contribution in [1.82, 2.24) is 0 Å². The van der Waals surface area contributed by atoms with Crippen molar-refractivity contribution in [3.8, 4) is 0 Å². The van der Waals surface area contributed by atoms with Gasteiger partial charge in [0.15, 0.2) is 0 Å². The van der Waals surface area contributed by atoms with Crippen LogP contribution in [-0.4, -0.2) is 17.0 Å². The Balaban J connectivity index is 3.39. The molecule has 1 atom stereocenters. The zero-order valence-corrected chi connectivity index (χ0v) is 9.00.